The third-order valence-electron chi connectivity index (χ3n) is 3.42. The van der Waals surface area contributed by atoms with E-state index in [9.17, 15) is 0 Å². The largest absolute Gasteiger partial charge is 0.314 e. The van der Waals surface area contributed by atoms with Gasteiger partial charge < -0.3 is 5.32 Å². The molecule has 0 aliphatic heterocycles. The van der Waals surface area contributed by atoms with Crippen LogP contribution in [0.3, 0.4) is 0 Å². The Bertz CT molecular complexity index is 538. The summed E-state index contributed by atoms with van der Waals surface area (Å²) in [5.74, 6) is 0. The molecule has 0 aliphatic rings. The highest BCUT2D eigenvalue weighted by Gasteiger charge is 2.02. The molecule has 1 N–H and O–H groups in total. The molecule has 0 radical (unpaired) electrons. The normalized spacial score (nSPS) is 11.2. The fourth-order valence-electron chi connectivity index (χ4n) is 2.32. The van der Waals surface area contributed by atoms with Crippen LogP contribution < -0.4 is 5.32 Å². The molecule has 0 amide bonds. The van der Waals surface area contributed by atoms with Crippen molar-refractivity contribution in [2.45, 2.75) is 46.7 Å². The van der Waals surface area contributed by atoms with Crippen molar-refractivity contribution in [1.82, 2.24) is 15.1 Å². The molecule has 0 aliphatic carbocycles. The minimum absolute atomic E-state index is 0.556. The first-order valence-corrected chi connectivity index (χ1v) is 7.37. The van der Waals surface area contributed by atoms with Crippen LogP contribution in [0.1, 0.15) is 36.4 Å². The molecule has 0 atom stereocenters. The van der Waals surface area contributed by atoms with E-state index in [0.717, 1.165) is 25.2 Å². The van der Waals surface area contributed by atoms with Crippen molar-refractivity contribution < 1.29 is 0 Å². The molecule has 1 heterocycles. The Morgan fingerprint density at radius 1 is 1.10 bits per heavy atom. The van der Waals surface area contributed by atoms with Gasteiger partial charge in [-0.2, -0.15) is 5.10 Å². The summed E-state index contributed by atoms with van der Waals surface area (Å²) in [4.78, 5) is 0. The average molecular weight is 271 g/mol. The Morgan fingerprint density at radius 3 is 2.30 bits per heavy atom. The van der Waals surface area contributed by atoms with Gasteiger partial charge in [0.2, 0.25) is 0 Å². The van der Waals surface area contributed by atoms with Crippen molar-refractivity contribution in [2.24, 2.45) is 0 Å². The number of benzene rings is 1. The summed E-state index contributed by atoms with van der Waals surface area (Å²) >= 11 is 0. The lowest BCUT2D eigenvalue weighted by Gasteiger charge is -2.09. The van der Waals surface area contributed by atoms with E-state index in [1.54, 1.807) is 0 Å². The Labute approximate surface area is 122 Å². The standard InChI is InChI=1S/C17H25N3/c1-13(2)18-10-9-16-5-7-17(8-6-16)12-20-15(4)11-14(3)19-20/h5-8,11,13,18H,9-10,12H2,1-4H3. The predicted octanol–water partition coefficient (Wildman–Crippen LogP) is 3.09. The van der Waals surface area contributed by atoms with Crippen molar-refractivity contribution in [3.63, 3.8) is 0 Å². The Balaban J connectivity index is 1.93. The summed E-state index contributed by atoms with van der Waals surface area (Å²) in [5.41, 5.74) is 4.98. The van der Waals surface area contributed by atoms with Gasteiger partial charge in [-0.05, 0) is 44.0 Å². The zero-order valence-electron chi connectivity index (χ0n) is 13.0. The molecule has 0 bridgehead atoms. The molecule has 1 aromatic carbocycles. The third-order valence-corrected chi connectivity index (χ3v) is 3.42. The molecule has 0 saturated heterocycles. The molecule has 0 spiro atoms. The van der Waals surface area contributed by atoms with E-state index in [0.29, 0.717) is 6.04 Å². The Morgan fingerprint density at radius 2 is 1.75 bits per heavy atom. The van der Waals surface area contributed by atoms with Crippen LogP contribution in [0.2, 0.25) is 0 Å². The van der Waals surface area contributed by atoms with Gasteiger partial charge in [-0.15, -0.1) is 0 Å². The van der Waals surface area contributed by atoms with Crippen LogP contribution in [0.4, 0.5) is 0 Å². The molecule has 2 aromatic rings. The maximum absolute atomic E-state index is 4.50. The predicted molar refractivity (Wildman–Crippen MR) is 84.1 cm³/mol. The van der Waals surface area contributed by atoms with Crippen LogP contribution in [0.5, 0.6) is 0 Å². The fraction of sp³-hybridized carbons (Fsp3) is 0.471. The minimum Gasteiger partial charge on any atom is -0.314 e. The van der Waals surface area contributed by atoms with Gasteiger partial charge in [0.15, 0.2) is 0 Å². The van der Waals surface area contributed by atoms with Crippen molar-refractivity contribution in [2.75, 3.05) is 6.54 Å². The summed E-state index contributed by atoms with van der Waals surface area (Å²) < 4.78 is 2.06. The van der Waals surface area contributed by atoms with Gasteiger partial charge >= 0.3 is 0 Å². The highest BCUT2D eigenvalue weighted by molar-refractivity contribution is 5.23. The number of aromatic nitrogens is 2. The van der Waals surface area contributed by atoms with Gasteiger partial charge in [-0.3, -0.25) is 4.68 Å². The Kier molecular flexibility index (Phi) is 4.96. The van der Waals surface area contributed by atoms with Gasteiger partial charge in [0, 0.05) is 11.7 Å². The van der Waals surface area contributed by atoms with E-state index in [-0.39, 0.29) is 0 Å². The zero-order chi connectivity index (χ0) is 14.5. The van der Waals surface area contributed by atoms with Gasteiger partial charge in [0.05, 0.1) is 12.2 Å². The first kappa shape index (κ1) is 14.8. The molecule has 3 nitrogen and oxygen atoms in total. The first-order valence-electron chi connectivity index (χ1n) is 7.37. The molecule has 108 valence electrons. The maximum atomic E-state index is 4.50. The van der Waals surface area contributed by atoms with Crippen LogP contribution in [0.25, 0.3) is 0 Å². The van der Waals surface area contributed by atoms with Crippen LogP contribution >= 0.6 is 0 Å². The van der Waals surface area contributed by atoms with Crippen LogP contribution in [0.15, 0.2) is 30.3 Å². The van der Waals surface area contributed by atoms with Crippen molar-refractivity contribution >= 4 is 0 Å². The summed E-state index contributed by atoms with van der Waals surface area (Å²) in [6, 6.07) is 11.5. The highest BCUT2D eigenvalue weighted by atomic mass is 15.3. The van der Waals surface area contributed by atoms with Crippen LogP contribution in [-0.4, -0.2) is 22.4 Å². The Hall–Kier alpha value is -1.61. The van der Waals surface area contributed by atoms with Gasteiger partial charge in [0.25, 0.3) is 0 Å². The molecule has 1 aromatic heterocycles. The van der Waals surface area contributed by atoms with Crippen LogP contribution in [0, 0.1) is 13.8 Å². The van der Waals surface area contributed by atoms with Gasteiger partial charge in [0.1, 0.15) is 0 Å². The van der Waals surface area contributed by atoms with E-state index >= 15 is 0 Å². The number of hydrogen-bond donors (Lipinski definition) is 1. The van der Waals surface area contributed by atoms with Crippen molar-refractivity contribution in [1.29, 1.82) is 0 Å². The van der Waals surface area contributed by atoms with E-state index in [1.807, 2.05) is 6.92 Å². The zero-order valence-corrected chi connectivity index (χ0v) is 13.0. The maximum Gasteiger partial charge on any atom is 0.0662 e. The lowest BCUT2D eigenvalue weighted by molar-refractivity contribution is 0.590. The number of nitrogens with one attached hydrogen (secondary N) is 1. The van der Waals surface area contributed by atoms with Crippen molar-refractivity contribution in [3.8, 4) is 0 Å². The smallest absolute Gasteiger partial charge is 0.0662 e. The lowest BCUT2D eigenvalue weighted by Crippen LogP contribution is -2.24. The molecule has 0 fully saturated rings. The van der Waals surface area contributed by atoms with E-state index in [2.05, 4.69) is 66.2 Å². The van der Waals surface area contributed by atoms with Gasteiger partial charge in [-0.25, -0.2) is 0 Å². The molecule has 20 heavy (non-hydrogen) atoms. The molecule has 0 unspecified atom stereocenters. The second-order valence-electron chi connectivity index (χ2n) is 5.76. The summed E-state index contributed by atoms with van der Waals surface area (Å²) in [6.07, 6.45) is 1.08. The minimum atomic E-state index is 0.556. The summed E-state index contributed by atoms with van der Waals surface area (Å²) in [5, 5.41) is 7.95. The van der Waals surface area contributed by atoms with Gasteiger partial charge in [-0.1, -0.05) is 38.1 Å². The molecular weight excluding hydrogens is 246 g/mol. The second kappa shape index (κ2) is 6.71. The number of hydrogen-bond acceptors (Lipinski definition) is 2. The second-order valence-corrected chi connectivity index (χ2v) is 5.76. The molecule has 3 heteroatoms. The average Bonchev–Trinajstić information content (AvgIpc) is 2.69. The number of rotatable bonds is 6. The first-order chi connectivity index (χ1) is 9.54. The van der Waals surface area contributed by atoms with E-state index in [1.165, 1.54) is 16.8 Å². The fourth-order valence-corrected chi connectivity index (χ4v) is 2.32. The monoisotopic (exact) mass is 271 g/mol. The molecular formula is C17H25N3. The SMILES string of the molecule is Cc1cc(C)n(Cc2ccc(CCNC(C)C)cc2)n1. The van der Waals surface area contributed by atoms with Crippen LogP contribution in [-0.2, 0) is 13.0 Å². The van der Waals surface area contributed by atoms with E-state index in [4.69, 9.17) is 0 Å². The molecule has 2 rings (SSSR count). The lowest BCUT2D eigenvalue weighted by atomic mass is 10.1. The number of aryl methyl sites for hydroxylation is 2. The van der Waals surface area contributed by atoms with E-state index < -0.39 is 0 Å². The quantitative estimate of drug-likeness (QED) is 0.875. The number of nitrogens with zero attached hydrogens (tertiary/aromatic N) is 2. The topological polar surface area (TPSA) is 29.9 Å². The molecule has 0 saturated carbocycles. The van der Waals surface area contributed by atoms with Crippen molar-refractivity contribution in [3.05, 3.63) is 52.8 Å². The summed E-state index contributed by atoms with van der Waals surface area (Å²) in [6.45, 7) is 10.4. The highest BCUT2D eigenvalue weighted by Crippen LogP contribution is 2.09. The third kappa shape index (κ3) is 4.20. The summed E-state index contributed by atoms with van der Waals surface area (Å²) in [7, 11) is 0.